The van der Waals surface area contributed by atoms with Crippen molar-refractivity contribution in [1.29, 1.82) is 0 Å². The number of carboxylic acids is 1. The number of unbranched alkanes of at least 4 members (excludes halogenated alkanes) is 7. The van der Waals surface area contributed by atoms with Crippen molar-refractivity contribution in [3.05, 3.63) is 12.7 Å². The van der Waals surface area contributed by atoms with E-state index < -0.39 is 5.97 Å². The monoisotopic (exact) mass is 230 g/mol. The van der Waals surface area contributed by atoms with Crippen LogP contribution in [0.1, 0.15) is 58.3 Å². The summed E-state index contributed by atoms with van der Waals surface area (Å²) in [5.41, 5.74) is 0. The molecule has 0 aromatic carbocycles. The molecule has 0 spiro atoms. The first-order valence-corrected chi connectivity index (χ1v) is 6.15. The van der Waals surface area contributed by atoms with Crippen molar-refractivity contribution in [3.8, 4) is 0 Å². The second-order valence-corrected chi connectivity index (χ2v) is 3.74. The van der Waals surface area contributed by atoms with E-state index in [9.17, 15) is 4.79 Å². The van der Waals surface area contributed by atoms with Gasteiger partial charge in [0.25, 0.3) is 0 Å². The number of aliphatic hydroxyl groups is 1. The highest BCUT2D eigenvalue weighted by Crippen LogP contribution is 2.07. The van der Waals surface area contributed by atoms with Crippen LogP contribution in [0.15, 0.2) is 12.7 Å². The van der Waals surface area contributed by atoms with Crippen molar-refractivity contribution < 1.29 is 15.0 Å². The van der Waals surface area contributed by atoms with E-state index in [-0.39, 0.29) is 0 Å². The molecule has 96 valence electrons. The fourth-order valence-corrected chi connectivity index (χ4v) is 1.25. The van der Waals surface area contributed by atoms with Gasteiger partial charge in [-0.2, -0.15) is 0 Å². The summed E-state index contributed by atoms with van der Waals surface area (Å²) in [4.78, 5) is 9.25. The summed E-state index contributed by atoms with van der Waals surface area (Å²) < 4.78 is 0. The Morgan fingerprint density at radius 2 is 1.44 bits per heavy atom. The lowest BCUT2D eigenvalue weighted by atomic mass is 10.1. The van der Waals surface area contributed by atoms with Gasteiger partial charge in [-0.1, -0.05) is 58.4 Å². The van der Waals surface area contributed by atoms with Crippen molar-refractivity contribution in [1.82, 2.24) is 0 Å². The summed E-state index contributed by atoms with van der Waals surface area (Å²) in [6, 6.07) is 0. The Hall–Kier alpha value is -0.830. The molecule has 0 aliphatic carbocycles. The van der Waals surface area contributed by atoms with Crippen LogP contribution in [0.25, 0.3) is 0 Å². The van der Waals surface area contributed by atoms with E-state index in [4.69, 9.17) is 10.2 Å². The van der Waals surface area contributed by atoms with E-state index in [1.807, 2.05) is 0 Å². The van der Waals surface area contributed by atoms with Gasteiger partial charge >= 0.3 is 5.97 Å². The molecule has 0 aromatic rings. The molecule has 0 radical (unpaired) electrons. The van der Waals surface area contributed by atoms with Gasteiger partial charge < -0.3 is 10.2 Å². The number of rotatable bonds is 9. The number of aliphatic hydroxyl groups excluding tert-OH is 1. The number of hydrogen-bond donors (Lipinski definition) is 2. The molecule has 0 aliphatic rings. The summed E-state index contributed by atoms with van der Waals surface area (Å²) in [6.45, 7) is 5.57. The number of carboxylic acid groups (broad SMARTS) is 1. The van der Waals surface area contributed by atoms with Gasteiger partial charge in [-0.15, -0.1) is 0 Å². The summed E-state index contributed by atoms with van der Waals surface area (Å²) in [5, 5.41) is 16.1. The molecule has 0 heterocycles. The largest absolute Gasteiger partial charge is 0.478 e. The molecule has 2 N–H and O–H groups in total. The second kappa shape index (κ2) is 16.6. The van der Waals surface area contributed by atoms with Crippen molar-refractivity contribution in [2.75, 3.05) is 6.61 Å². The average molecular weight is 230 g/mol. The van der Waals surface area contributed by atoms with E-state index in [1.54, 1.807) is 0 Å². The van der Waals surface area contributed by atoms with E-state index in [0.717, 1.165) is 12.5 Å². The minimum atomic E-state index is -0.981. The van der Waals surface area contributed by atoms with Gasteiger partial charge in [0.2, 0.25) is 0 Å². The first kappa shape index (κ1) is 17.6. The predicted molar refractivity (Wildman–Crippen MR) is 67.5 cm³/mol. The lowest BCUT2D eigenvalue weighted by molar-refractivity contribution is -0.131. The first-order valence-electron chi connectivity index (χ1n) is 6.15. The topological polar surface area (TPSA) is 57.5 Å². The molecule has 0 amide bonds. The Morgan fingerprint density at radius 1 is 1.06 bits per heavy atom. The third-order valence-electron chi connectivity index (χ3n) is 2.19. The van der Waals surface area contributed by atoms with E-state index in [0.29, 0.717) is 6.61 Å². The lowest BCUT2D eigenvalue weighted by Crippen LogP contribution is -1.83. The van der Waals surface area contributed by atoms with E-state index in [1.165, 1.54) is 44.9 Å². The first-order chi connectivity index (χ1) is 7.68. The molecule has 0 saturated carbocycles. The fourth-order valence-electron chi connectivity index (χ4n) is 1.25. The predicted octanol–water partition coefficient (Wildman–Crippen LogP) is 3.38. The maximum absolute atomic E-state index is 9.25. The van der Waals surface area contributed by atoms with Crippen LogP contribution < -0.4 is 0 Å². The normalized spacial score (nSPS) is 9.12. The number of hydrogen-bond acceptors (Lipinski definition) is 2. The van der Waals surface area contributed by atoms with Gasteiger partial charge in [0.15, 0.2) is 0 Å². The van der Waals surface area contributed by atoms with Crippen LogP contribution in [0.5, 0.6) is 0 Å². The van der Waals surface area contributed by atoms with Crippen molar-refractivity contribution in [2.24, 2.45) is 0 Å². The van der Waals surface area contributed by atoms with Gasteiger partial charge in [-0.25, -0.2) is 4.79 Å². The third-order valence-corrected chi connectivity index (χ3v) is 2.19. The molecule has 0 saturated heterocycles. The van der Waals surface area contributed by atoms with Crippen molar-refractivity contribution in [3.63, 3.8) is 0 Å². The zero-order valence-electron chi connectivity index (χ0n) is 10.5. The lowest BCUT2D eigenvalue weighted by Gasteiger charge is -1.98. The molecule has 3 heteroatoms. The summed E-state index contributed by atoms with van der Waals surface area (Å²) in [5.74, 6) is -0.981. The molecule has 0 rings (SSSR count). The summed E-state index contributed by atoms with van der Waals surface area (Å²) >= 11 is 0. The van der Waals surface area contributed by atoms with Gasteiger partial charge in [0.1, 0.15) is 0 Å². The molecule has 0 fully saturated rings. The molecule has 0 atom stereocenters. The highest BCUT2D eigenvalue weighted by Gasteiger charge is 1.89. The molecule has 0 aromatic heterocycles. The Bertz CT molecular complexity index is 147. The Kier molecular flexibility index (Phi) is 18.2. The standard InChI is InChI=1S/C10H22O.C3H4O2/c1-2-3-4-5-6-7-8-9-10-11;1-2-3(4)5/h11H,2-10H2,1H3;2H,1H2,(H,4,5). The highest BCUT2D eigenvalue weighted by molar-refractivity contribution is 5.78. The van der Waals surface area contributed by atoms with Gasteiger partial charge in [-0.05, 0) is 6.42 Å². The molecule has 3 nitrogen and oxygen atoms in total. The van der Waals surface area contributed by atoms with Crippen LogP contribution in [-0.4, -0.2) is 22.8 Å². The summed E-state index contributed by atoms with van der Waals surface area (Å²) in [7, 11) is 0. The maximum Gasteiger partial charge on any atom is 0.327 e. The quantitative estimate of drug-likeness (QED) is 0.471. The highest BCUT2D eigenvalue weighted by atomic mass is 16.4. The SMILES string of the molecule is C=CC(=O)O.CCCCCCCCCCO. The third kappa shape index (κ3) is 23.2. The van der Waals surface area contributed by atoms with E-state index >= 15 is 0 Å². The van der Waals surface area contributed by atoms with Gasteiger partial charge in [0, 0.05) is 12.7 Å². The van der Waals surface area contributed by atoms with Gasteiger partial charge in [0.05, 0.1) is 0 Å². The molecule has 0 bridgehead atoms. The fraction of sp³-hybridized carbons (Fsp3) is 0.769. The number of carbonyl (C=O) groups is 1. The number of aliphatic carboxylic acids is 1. The Balaban J connectivity index is 0. The van der Waals surface area contributed by atoms with Crippen LogP contribution in [0.3, 0.4) is 0 Å². The summed E-state index contributed by atoms with van der Waals surface area (Å²) in [6.07, 6.45) is 11.2. The van der Waals surface area contributed by atoms with Crippen molar-refractivity contribution in [2.45, 2.75) is 58.3 Å². The molecule has 0 aliphatic heterocycles. The van der Waals surface area contributed by atoms with Crippen LogP contribution in [0.4, 0.5) is 0 Å². The Labute approximate surface area is 99.2 Å². The molecule has 16 heavy (non-hydrogen) atoms. The molecule has 0 unspecified atom stereocenters. The minimum Gasteiger partial charge on any atom is -0.478 e. The smallest absolute Gasteiger partial charge is 0.327 e. The van der Waals surface area contributed by atoms with Crippen LogP contribution in [-0.2, 0) is 4.79 Å². The van der Waals surface area contributed by atoms with E-state index in [2.05, 4.69) is 13.5 Å². The van der Waals surface area contributed by atoms with Crippen LogP contribution in [0.2, 0.25) is 0 Å². The zero-order valence-corrected chi connectivity index (χ0v) is 10.5. The van der Waals surface area contributed by atoms with Crippen molar-refractivity contribution >= 4 is 5.97 Å². The Morgan fingerprint density at radius 3 is 1.75 bits per heavy atom. The molecular weight excluding hydrogens is 204 g/mol. The maximum atomic E-state index is 9.25. The van der Waals surface area contributed by atoms with Crippen LogP contribution >= 0.6 is 0 Å². The second-order valence-electron chi connectivity index (χ2n) is 3.74. The molecular formula is C13H26O3. The average Bonchev–Trinajstić information content (AvgIpc) is 2.29. The minimum absolute atomic E-state index is 0.370. The van der Waals surface area contributed by atoms with Gasteiger partial charge in [-0.3, -0.25) is 0 Å². The zero-order chi connectivity index (χ0) is 12.6. The van der Waals surface area contributed by atoms with Crippen LogP contribution in [0, 0.1) is 0 Å².